The quantitative estimate of drug-likeness (QED) is 0.927. The van der Waals surface area contributed by atoms with Crippen LogP contribution in [0.25, 0.3) is 0 Å². The molecule has 1 atom stereocenters. The lowest BCUT2D eigenvalue weighted by molar-refractivity contribution is 0.280. The number of hydrogen-bond donors (Lipinski definition) is 1. The van der Waals surface area contributed by atoms with Crippen LogP contribution in [0.5, 0.6) is 0 Å². The second-order valence-electron chi connectivity index (χ2n) is 4.87. The predicted octanol–water partition coefficient (Wildman–Crippen LogP) is 3.79. The molecule has 0 aliphatic heterocycles. The van der Waals surface area contributed by atoms with Crippen molar-refractivity contribution >= 4 is 5.69 Å². The third-order valence-electron chi connectivity index (χ3n) is 3.55. The molecule has 0 amide bonds. The summed E-state index contributed by atoms with van der Waals surface area (Å²) in [5, 5.41) is 8.94. The molecule has 0 saturated carbocycles. The fourth-order valence-electron chi connectivity index (χ4n) is 2.26. The Labute approximate surface area is 121 Å². The Morgan fingerprint density at radius 1 is 1.05 bits per heavy atom. The zero-order valence-electron chi connectivity index (χ0n) is 11.8. The van der Waals surface area contributed by atoms with E-state index in [0.717, 1.165) is 12.1 Å². The van der Waals surface area contributed by atoms with Gasteiger partial charge in [-0.15, -0.1) is 0 Å². The van der Waals surface area contributed by atoms with Gasteiger partial charge in [-0.2, -0.15) is 0 Å². The number of aliphatic hydroxyl groups excluding tert-OH is 1. The summed E-state index contributed by atoms with van der Waals surface area (Å²) >= 11 is 0. The second-order valence-corrected chi connectivity index (χ2v) is 4.87. The Balaban J connectivity index is 2.40. The van der Waals surface area contributed by atoms with Crippen LogP contribution in [-0.4, -0.2) is 12.2 Å². The van der Waals surface area contributed by atoms with E-state index in [1.165, 1.54) is 18.0 Å². The zero-order chi connectivity index (χ0) is 15.6. The first-order valence-electron chi connectivity index (χ1n) is 6.51. The molecule has 0 heterocycles. The van der Waals surface area contributed by atoms with Gasteiger partial charge in [0.15, 0.2) is 0 Å². The molecule has 112 valence electrons. The summed E-state index contributed by atoms with van der Waals surface area (Å²) in [6.07, 6.45) is 0. The van der Waals surface area contributed by atoms with Crippen LogP contribution in [0.1, 0.15) is 24.1 Å². The maximum Gasteiger partial charge on any atom is 0.149 e. The van der Waals surface area contributed by atoms with Crippen LogP contribution < -0.4 is 4.90 Å². The molecule has 0 aliphatic carbocycles. The predicted molar refractivity (Wildman–Crippen MR) is 75.5 cm³/mol. The van der Waals surface area contributed by atoms with Crippen LogP contribution in [0, 0.1) is 17.5 Å². The van der Waals surface area contributed by atoms with Crippen molar-refractivity contribution in [3.8, 4) is 0 Å². The van der Waals surface area contributed by atoms with E-state index >= 15 is 0 Å². The standard InChI is InChI=1S/C16H16F3NO/c1-10(12-5-3-4-6-13(12)17)20(2)16-14(18)7-11(9-21)8-15(16)19/h3-8,10,21H,9H2,1-2H3. The van der Waals surface area contributed by atoms with Crippen molar-refractivity contribution in [3.63, 3.8) is 0 Å². The van der Waals surface area contributed by atoms with E-state index in [9.17, 15) is 13.2 Å². The summed E-state index contributed by atoms with van der Waals surface area (Å²) in [5.41, 5.74) is 0.258. The smallest absolute Gasteiger partial charge is 0.149 e. The third-order valence-corrected chi connectivity index (χ3v) is 3.55. The van der Waals surface area contributed by atoms with Gasteiger partial charge in [0.1, 0.15) is 23.1 Å². The summed E-state index contributed by atoms with van der Waals surface area (Å²) in [7, 11) is 1.50. The number of benzene rings is 2. The lowest BCUT2D eigenvalue weighted by Crippen LogP contribution is -2.24. The van der Waals surface area contributed by atoms with Crippen LogP contribution in [0.15, 0.2) is 36.4 Å². The van der Waals surface area contributed by atoms with E-state index in [2.05, 4.69) is 0 Å². The molecule has 0 aromatic heterocycles. The summed E-state index contributed by atoms with van der Waals surface area (Å²) < 4.78 is 41.9. The fraction of sp³-hybridized carbons (Fsp3) is 0.250. The Kier molecular flexibility index (Phi) is 4.53. The van der Waals surface area contributed by atoms with Crippen LogP contribution >= 0.6 is 0 Å². The van der Waals surface area contributed by atoms with Gasteiger partial charge in [0.2, 0.25) is 0 Å². The Bertz CT molecular complexity index is 622. The van der Waals surface area contributed by atoms with E-state index in [-0.39, 0.29) is 11.3 Å². The molecule has 0 spiro atoms. The molecule has 2 aromatic carbocycles. The molecular formula is C16H16F3NO. The molecular weight excluding hydrogens is 279 g/mol. The lowest BCUT2D eigenvalue weighted by atomic mass is 10.1. The molecule has 1 unspecified atom stereocenters. The average molecular weight is 295 g/mol. The number of aliphatic hydroxyl groups is 1. The number of hydrogen-bond acceptors (Lipinski definition) is 2. The number of halogens is 3. The van der Waals surface area contributed by atoms with Crippen LogP contribution in [-0.2, 0) is 6.61 Å². The van der Waals surface area contributed by atoms with Gasteiger partial charge in [-0.3, -0.25) is 0 Å². The molecule has 5 heteroatoms. The normalized spacial score (nSPS) is 12.3. The van der Waals surface area contributed by atoms with Crippen molar-refractivity contribution in [2.75, 3.05) is 11.9 Å². The summed E-state index contributed by atoms with van der Waals surface area (Å²) in [6, 6.07) is 7.71. The Morgan fingerprint density at radius 2 is 1.62 bits per heavy atom. The lowest BCUT2D eigenvalue weighted by Gasteiger charge is -2.28. The summed E-state index contributed by atoms with van der Waals surface area (Å²) in [5.74, 6) is -2.00. The molecule has 2 rings (SSSR count). The van der Waals surface area contributed by atoms with Crippen molar-refractivity contribution in [1.29, 1.82) is 0 Å². The first kappa shape index (κ1) is 15.4. The van der Waals surface area contributed by atoms with Gasteiger partial charge < -0.3 is 10.0 Å². The van der Waals surface area contributed by atoms with Crippen LogP contribution in [0.2, 0.25) is 0 Å². The van der Waals surface area contributed by atoms with Gasteiger partial charge in [-0.1, -0.05) is 18.2 Å². The van der Waals surface area contributed by atoms with Gasteiger partial charge in [0.25, 0.3) is 0 Å². The molecule has 0 aliphatic rings. The average Bonchev–Trinajstić information content (AvgIpc) is 2.46. The van der Waals surface area contributed by atoms with Crippen molar-refractivity contribution in [2.45, 2.75) is 19.6 Å². The molecule has 0 fully saturated rings. The van der Waals surface area contributed by atoms with Crippen molar-refractivity contribution in [2.24, 2.45) is 0 Å². The van der Waals surface area contributed by atoms with Crippen LogP contribution in [0.3, 0.4) is 0 Å². The van der Waals surface area contributed by atoms with E-state index in [0.29, 0.717) is 5.56 Å². The second kappa shape index (κ2) is 6.18. The maximum absolute atomic E-state index is 14.0. The van der Waals surface area contributed by atoms with E-state index in [1.807, 2.05) is 0 Å². The third kappa shape index (κ3) is 3.03. The molecule has 1 N–H and O–H groups in total. The monoisotopic (exact) mass is 295 g/mol. The first-order chi connectivity index (χ1) is 9.95. The highest BCUT2D eigenvalue weighted by Crippen LogP contribution is 2.31. The zero-order valence-corrected chi connectivity index (χ0v) is 11.8. The summed E-state index contributed by atoms with van der Waals surface area (Å²) in [6.45, 7) is 1.22. The fourth-order valence-corrected chi connectivity index (χ4v) is 2.26. The van der Waals surface area contributed by atoms with Gasteiger partial charge in [0, 0.05) is 12.6 Å². The molecule has 2 aromatic rings. The highest BCUT2D eigenvalue weighted by Gasteiger charge is 2.22. The molecule has 21 heavy (non-hydrogen) atoms. The molecule has 0 radical (unpaired) electrons. The topological polar surface area (TPSA) is 23.5 Å². The Morgan fingerprint density at radius 3 is 2.14 bits per heavy atom. The summed E-state index contributed by atoms with van der Waals surface area (Å²) in [4.78, 5) is 1.34. The van der Waals surface area contributed by atoms with E-state index in [4.69, 9.17) is 5.11 Å². The van der Waals surface area contributed by atoms with Crippen molar-refractivity contribution < 1.29 is 18.3 Å². The van der Waals surface area contributed by atoms with Crippen molar-refractivity contribution in [1.82, 2.24) is 0 Å². The van der Waals surface area contributed by atoms with Gasteiger partial charge >= 0.3 is 0 Å². The number of rotatable bonds is 4. The SMILES string of the molecule is CC(c1ccccc1F)N(C)c1c(F)cc(CO)cc1F. The Hall–Kier alpha value is -2.01. The van der Waals surface area contributed by atoms with Crippen molar-refractivity contribution in [3.05, 3.63) is 65.0 Å². The van der Waals surface area contributed by atoms with E-state index < -0.39 is 30.1 Å². The molecule has 2 nitrogen and oxygen atoms in total. The minimum atomic E-state index is -0.787. The minimum Gasteiger partial charge on any atom is -0.392 e. The largest absolute Gasteiger partial charge is 0.392 e. The minimum absolute atomic E-state index is 0.153. The van der Waals surface area contributed by atoms with Crippen LogP contribution in [0.4, 0.5) is 18.9 Å². The van der Waals surface area contributed by atoms with Gasteiger partial charge in [-0.25, -0.2) is 13.2 Å². The highest BCUT2D eigenvalue weighted by atomic mass is 19.1. The molecule has 0 bridgehead atoms. The number of anilines is 1. The van der Waals surface area contributed by atoms with E-state index in [1.54, 1.807) is 25.1 Å². The maximum atomic E-state index is 14.0. The van der Waals surface area contributed by atoms with Gasteiger partial charge in [-0.05, 0) is 30.7 Å². The molecule has 0 saturated heterocycles. The van der Waals surface area contributed by atoms with Gasteiger partial charge in [0.05, 0.1) is 12.6 Å². The first-order valence-corrected chi connectivity index (χ1v) is 6.51. The highest BCUT2D eigenvalue weighted by molar-refractivity contribution is 5.52. The number of nitrogens with zero attached hydrogens (tertiary/aromatic N) is 1.